The fourth-order valence-corrected chi connectivity index (χ4v) is 3.26. The Bertz CT molecular complexity index is 772. The van der Waals surface area contributed by atoms with Gasteiger partial charge in [-0.2, -0.15) is 14.5 Å². The Balaban J connectivity index is 1.54. The van der Waals surface area contributed by atoms with E-state index in [9.17, 15) is 9.18 Å². The summed E-state index contributed by atoms with van der Waals surface area (Å²) in [7, 11) is 0. The number of carbonyl (C=O) groups excluding carboxylic acids is 1. The summed E-state index contributed by atoms with van der Waals surface area (Å²) in [5, 5.41) is 7.09. The highest BCUT2D eigenvalue weighted by Gasteiger charge is 2.29. The van der Waals surface area contributed by atoms with Gasteiger partial charge < -0.3 is 9.64 Å². The molecule has 26 heavy (non-hydrogen) atoms. The van der Waals surface area contributed by atoms with Gasteiger partial charge in [-0.15, -0.1) is 0 Å². The molecule has 1 N–H and O–H groups in total. The Morgan fingerprint density at radius 3 is 2.92 bits per heavy atom. The van der Waals surface area contributed by atoms with Crippen LogP contribution in [0.25, 0.3) is 0 Å². The molecule has 1 fully saturated rings. The van der Waals surface area contributed by atoms with Gasteiger partial charge in [0.05, 0.1) is 17.9 Å². The number of hydrogen-bond donors (Lipinski definition) is 1. The number of carbonyl (C=O) groups is 1. The predicted octanol–water partition coefficient (Wildman–Crippen LogP) is 2.13. The van der Waals surface area contributed by atoms with Crippen molar-refractivity contribution in [1.29, 1.82) is 0 Å². The second-order valence-corrected chi connectivity index (χ2v) is 6.57. The second-order valence-electron chi connectivity index (χ2n) is 6.57. The SMILES string of the molecule is CCc1ncnc(O[C@H]2CCN(C(=O)CCc3c(C)n[nH]c3C)C2)c1F. The number of halogens is 1. The molecule has 1 aliphatic heterocycles. The summed E-state index contributed by atoms with van der Waals surface area (Å²) in [4.78, 5) is 22.0. The van der Waals surface area contributed by atoms with Crippen LogP contribution in [-0.2, 0) is 17.6 Å². The summed E-state index contributed by atoms with van der Waals surface area (Å²) in [6, 6.07) is 0. The minimum atomic E-state index is -0.509. The molecule has 7 nitrogen and oxygen atoms in total. The van der Waals surface area contributed by atoms with E-state index in [-0.39, 0.29) is 17.9 Å². The maximum absolute atomic E-state index is 14.2. The molecule has 3 rings (SSSR count). The normalized spacial score (nSPS) is 16.9. The molecule has 0 unspecified atom stereocenters. The first-order chi connectivity index (χ1) is 12.5. The number of aromatic nitrogens is 4. The number of nitrogens with one attached hydrogen (secondary N) is 1. The average Bonchev–Trinajstić information content (AvgIpc) is 3.22. The van der Waals surface area contributed by atoms with Crippen LogP contribution >= 0.6 is 0 Å². The van der Waals surface area contributed by atoms with Crippen molar-refractivity contribution in [3.63, 3.8) is 0 Å². The zero-order valence-electron chi connectivity index (χ0n) is 15.4. The van der Waals surface area contributed by atoms with Gasteiger partial charge in [-0.3, -0.25) is 9.89 Å². The van der Waals surface area contributed by atoms with E-state index in [2.05, 4.69) is 20.2 Å². The van der Waals surface area contributed by atoms with Crippen LogP contribution in [0, 0.1) is 19.7 Å². The third kappa shape index (κ3) is 3.84. The highest BCUT2D eigenvalue weighted by molar-refractivity contribution is 5.76. The Morgan fingerprint density at radius 2 is 2.23 bits per heavy atom. The molecular formula is C18H24FN5O2. The molecule has 0 bridgehead atoms. The van der Waals surface area contributed by atoms with Crippen molar-refractivity contribution in [2.45, 2.75) is 52.6 Å². The lowest BCUT2D eigenvalue weighted by Gasteiger charge is -2.17. The van der Waals surface area contributed by atoms with Crippen LogP contribution < -0.4 is 4.74 Å². The first kappa shape index (κ1) is 18.3. The zero-order valence-corrected chi connectivity index (χ0v) is 15.4. The van der Waals surface area contributed by atoms with Crippen molar-refractivity contribution in [2.24, 2.45) is 0 Å². The van der Waals surface area contributed by atoms with E-state index in [1.807, 2.05) is 20.8 Å². The van der Waals surface area contributed by atoms with Crippen molar-refractivity contribution < 1.29 is 13.9 Å². The lowest BCUT2D eigenvalue weighted by molar-refractivity contribution is -0.130. The number of aromatic amines is 1. The topological polar surface area (TPSA) is 84.0 Å². The van der Waals surface area contributed by atoms with E-state index >= 15 is 0 Å². The first-order valence-electron chi connectivity index (χ1n) is 8.93. The number of aryl methyl sites for hydroxylation is 3. The number of likely N-dealkylation sites (tertiary alicyclic amines) is 1. The van der Waals surface area contributed by atoms with Gasteiger partial charge in [0, 0.05) is 25.1 Å². The summed E-state index contributed by atoms with van der Waals surface area (Å²) < 4.78 is 19.9. The van der Waals surface area contributed by atoms with Crippen molar-refractivity contribution in [1.82, 2.24) is 25.1 Å². The predicted molar refractivity (Wildman–Crippen MR) is 93.4 cm³/mol. The highest BCUT2D eigenvalue weighted by atomic mass is 19.1. The number of ether oxygens (including phenoxy) is 1. The number of rotatable bonds is 6. The highest BCUT2D eigenvalue weighted by Crippen LogP contribution is 2.22. The van der Waals surface area contributed by atoms with Gasteiger partial charge >= 0.3 is 0 Å². The van der Waals surface area contributed by atoms with Gasteiger partial charge in [0.2, 0.25) is 11.7 Å². The average molecular weight is 361 g/mol. The molecule has 3 heterocycles. The van der Waals surface area contributed by atoms with Gasteiger partial charge in [0.25, 0.3) is 5.88 Å². The summed E-state index contributed by atoms with van der Waals surface area (Å²) in [6.45, 7) is 6.78. The molecule has 2 aromatic heterocycles. The molecule has 1 saturated heterocycles. The van der Waals surface area contributed by atoms with Crippen molar-refractivity contribution in [3.05, 3.63) is 34.8 Å². The lowest BCUT2D eigenvalue weighted by atomic mass is 10.1. The number of H-pyrrole nitrogens is 1. The number of hydrogen-bond acceptors (Lipinski definition) is 5. The molecule has 1 amide bonds. The van der Waals surface area contributed by atoms with Gasteiger partial charge in [0.15, 0.2) is 0 Å². The van der Waals surface area contributed by atoms with Crippen LogP contribution in [0.3, 0.4) is 0 Å². The van der Waals surface area contributed by atoms with Crippen LogP contribution in [-0.4, -0.2) is 50.2 Å². The van der Waals surface area contributed by atoms with Crippen LogP contribution in [0.5, 0.6) is 5.88 Å². The summed E-state index contributed by atoms with van der Waals surface area (Å²) in [5.41, 5.74) is 3.38. The van der Waals surface area contributed by atoms with Gasteiger partial charge in [-0.25, -0.2) is 4.98 Å². The molecule has 0 radical (unpaired) electrons. The molecule has 1 atom stereocenters. The Hall–Kier alpha value is -2.51. The standard InChI is InChI=1S/C18H24FN5O2/c1-4-15-17(19)18(21-10-20-15)26-13-7-8-24(9-13)16(25)6-5-14-11(2)22-23-12(14)3/h10,13H,4-9H2,1-3H3,(H,22,23)/t13-/m0/s1. The maximum atomic E-state index is 14.2. The quantitative estimate of drug-likeness (QED) is 0.852. The number of amides is 1. The zero-order chi connectivity index (χ0) is 18.7. The van der Waals surface area contributed by atoms with Crippen molar-refractivity contribution in [3.8, 4) is 5.88 Å². The fourth-order valence-electron chi connectivity index (χ4n) is 3.26. The molecule has 2 aromatic rings. The molecule has 0 saturated carbocycles. The Labute approximate surface area is 152 Å². The minimum Gasteiger partial charge on any atom is -0.470 e. The smallest absolute Gasteiger partial charge is 0.254 e. The van der Waals surface area contributed by atoms with Crippen LogP contribution in [0.2, 0.25) is 0 Å². The molecule has 140 valence electrons. The maximum Gasteiger partial charge on any atom is 0.254 e. The van der Waals surface area contributed by atoms with E-state index in [4.69, 9.17) is 4.74 Å². The van der Waals surface area contributed by atoms with E-state index in [1.165, 1.54) is 6.33 Å². The van der Waals surface area contributed by atoms with E-state index in [1.54, 1.807) is 4.90 Å². The van der Waals surface area contributed by atoms with E-state index in [0.717, 1.165) is 17.0 Å². The summed E-state index contributed by atoms with van der Waals surface area (Å²) in [5.74, 6) is -0.458. The third-order valence-corrected chi connectivity index (χ3v) is 4.81. The Kier molecular flexibility index (Phi) is 5.49. The number of nitrogens with zero attached hydrogens (tertiary/aromatic N) is 4. The lowest BCUT2D eigenvalue weighted by Crippen LogP contribution is -2.31. The molecule has 0 aromatic carbocycles. The molecule has 0 spiro atoms. The summed E-state index contributed by atoms with van der Waals surface area (Å²) in [6.07, 6.45) is 3.30. The molecule has 0 aliphatic carbocycles. The van der Waals surface area contributed by atoms with E-state index < -0.39 is 5.82 Å². The second kappa shape index (κ2) is 7.80. The monoisotopic (exact) mass is 361 g/mol. The Morgan fingerprint density at radius 1 is 1.42 bits per heavy atom. The van der Waals surface area contributed by atoms with Crippen LogP contribution in [0.15, 0.2) is 6.33 Å². The summed E-state index contributed by atoms with van der Waals surface area (Å²) >= 11 is 0. The molecule has 8 heteroatoms. The third-order valence-electron chi connectivity index (χ3n) is 4.81. The van der Waals surface area contributed by atoms with Gasteiger partial charge in [0.1, 0.15) is 12.4 Å². The largest absolute Gasteiger partial charge is 0.470 e. The van der Waals surface area contributed by atoms with Crippen molar-refractivity contribution >= 4 is 5.91 Å². The van der Waals surface area contributed by atoms with E-state index in [0.29, 0.717) is 44.5 Å². The minimum absolute atomic E-state index is 0.0270. The van der Waals surface area contributed by atoms with Gasteiger partial charge in [-0.05, 0) is 32.3 Å². The van der Waals surface area contributed by atoms with Gasteiger partial charge in [-0.1, -0.05) is 6.92 Å². The first-order valence-corrected chi connectivity index (χ1v) is 8.93. The fraction of sp³-hybridized carbons (Fsp3) is 0.556. The van der Waals surface area contributed by atoms with Crippen LogP contribution in [0.1, 0.15) is 42.4 Å². The van der Waals surface area contributed by atoms with Crippen molar-refractivity contribution in [2.75, 3.05) is 13.1 Å². The van der Waals surface area contributed by atoms with Crippen LogP contribution in [0.4, 0.5) is 4.39 Å². The molecule has 1 aliphatic rings. The molecular weight excluding hydrogens is 337 g/mol.